The van der Waals surface area contributed by atoms with Crippen molar-refractivity contribution in [3.63, 3.8) is 0 Å². The van der Waals surface area contributed by atoms with Crippen LogP contribution in [-0.4, -0.2) is 34.6 Å². The van der Waals surface area contributed by atoms with Crippen molar-refractivity contribution in [2.24, 2.45) is 5.73 Å². The molecule has 2 aromatic carbocycles. The van der Waals surface area contributed by atoms with E-state index in [0.717, 1.165) is 28.5 Å². The molecule has 0 aliphatic carbocycles. The maximum Gasteiger partial charge on any atom is 0.314 e. The summed E-state index contributed by atoms with van der Waals surface area (Å²) in [5.74, 6) is 0.405. The number of likely N-dealkylation sites (tertiary alicyclic amines) is 1. The number of ether oxygens (including phenoxy) is 1. The van der Waals surface area contributed by atoms with Gasteiger partial charge in [0.2, 0.25) is 0 Å². The lowest BCUT2D eigenvalue weighted by Crippen LogP contribution is -2.52. The average molecular weight is 405 g/mol. The summed E-state index contributed by atoms with van der Waals surface area (Å²) in [7, 11) is 0. The minimum Gasteiger partial charge on any atom is -0.487 e. The summed E-state index contributed by atoms with van der Waals surface area (Å²) in [5.41, 5.74) is 9.00. The molecule has 154 valence electrons. The molecule has 0 radical (unpaired) electrons. The Balaban J connectivity index is 1.47. The van der Waals surface area contributed by atoms with Gasteiger partial charge < -0.3 is 15.4 Å². The van der Waals surface area contributed by atoms with E-state index in [1.807, 2.05) is 43.3 Å². The number of amides is 2. The van der Waals surface area contributed by atoms with E-state index in [9.17, 15) is 4.79 Å². The number of halogens is 1. The second-order valence-electron chi connectivity index (χ2n) is 8.33. The van der Waals surface area contributed by atoms with Crippen LogP contribution in [0, 0.1) is 12.7 Å². The number of fused-ring (bicyclic) bond motifs is 2. The van der Waals surface area contributed by atoms with Crippen molar-refractivity contribution in [3.05, 3.63) is 59.5 Å². The quantitative estimate of drug-likeness (QED) is 0.644. The van der Waals surface area contributed by atoms with Gasteiger partial charge in [0.25, 0.3) is 0 Å². The molecule has 3 heterocycles. The number of urea groups is 1. The van der Waals surface area contributed by atoms with Crippen LogP contribution in [-0.2, 0) is 6.42 Å². The van der Waals surface area contributed by atoms with E-state index in [2.05, 4.69) is 4.98 Å². The molecule has 1 fully saturated rings. The third-order valence-corrected chi connectivity index (χ3v) is 6.66. The van der Waals surface area contributed by atoms with Crippen LogP contribution in [0.25, 0.3) is 22.0 Å². The van der Waals surface area contributed by atoms with E-state index in [1.165, 1.54) is 0 Å². The van der Waals surface area contributed by atoms with Gasteiger partial charge in [0, 0.05) is 48.6 Å². The van der Waals surface area contributed by atoms with E-state index in [1.54, 1.807) is 11.1 Å². The zero-order chi connectivity index (χ0) is 20.9. The minimum absolute atomic E-state index is 0.213. The summed E-state index contributed by atoms with van der Waals surface area (Å²) < 4.78 is 21.9. The number of aromatic nitrogens is 1. The van der Waals surface area contributed by atoms with Crippen LogP contribution in [0.1, 0.15) is 30.4 Å². The highest BCUT2D eigenvalue weighted by Crippen LogP contribution is 2.43. The topological polar surface area (TPSA) is 68.5 Å². The molecule has 1 saturated heterocycles. The summed E-state index contributed by atoms with van der Waals surface area (Å²) in [6.07, 6.45) is 4.56. The van der Waals surface area contributed by atoms with Crippen LogP contribution in [0.5, 0.6) is 5.75 Å². The lowest BCUT2D eigenvalue weighted by molar-refractivity contribution is -0.00543. The van der Waals surface area contributed by atoms with Gasteiger partial charge >= 0.3 is 6.03 Å². The predicted octanol–water partition coefficient (Wildman–Crippen LogP) is 4.59. The molecule has 1 aromatic heterocycles. The Morgan fingerprint density at radius 2 is 1.90 bits per heavy atom. The van der Waals surface area contributed by atoms with Crippen LogP contribution in [0.3, 0.4) is 0 Å². The second-order valence-corrected chi connectivity index (χ2v) is 8.33. The third kappa shape index (κ3) is 2.98. The molecule has 2 aliphatic rings. The first-order valence-corrected chi connectivity index (χ1v) is 10.4. The van der Waals surface area contributed by atoms with Crippen molar-refractivity contribution >= 4 is 16.9 Å². The van der Waals surface area contributed by atoms with E-state index in [0.29, 0.717) is 49.2 Å². The van der Waals surface area contributed by atoms with Crippen LogP contribution in [0.4, 0.5) is 9.18 Å². The highest BCUT2D eigenvalue weighted by molar-refractivity contribution is 5.88. The fourth-order valence-corrected chi connectivity index (χ4v) is 4.85. The highest BCUT2D eigenvalue weighted by atomic mass is 19.1. The number of hydrogen-bond donors (Lipinski definition) is 1. The Labute approximate surface area is 174 Å². The lowest BCUT2D eigenvalue weighted by atomic mass is 9.82. The first-order valence-electron chi connectivity index (χ1n) is 10.4. The fraction of sp³-hybridized carbons (Fsp3) is 0.333. The number of nitrogens with two attached hydrogens (primary N) is 1. The number of piperidine rings is 1. The number of carbonyl (C=O) groups excluding carboxylic acids is 1. The zero-order valence-corrected chi connectivity index (χ0v) is 17.0. The Kier molecular flexibility index (Phi) is 4.38. The molecule has 5 rings (SSSR count). The molecule has 0 bridgehead atoms. The number of primary amides is 1. The van der Waals surface area contributed by atoms with E-state index in [-0.39, 0.29) is 11.4 Å². The molecule has 1 spiro atoms. The van der Waals surface area contributed by atoms with Gasteiger partial charge in [-0.2, -0.15) is 0 Å². The van der Waals surface area contributed by atoms with Crippen LogP contribution < -0.4 is 10.5 Å². The van der Waals surface area contributed by atoms with Gasteiger partial charge in [0.15, 0.2) is 0 Å². The van der Waals surface area contributed by atoms with Gasteiger partial charge in [0.1, 0.15) is 17.2 Å². The number of benzene rings is 2. The molecule has 2 amide bonds. The molecule has 6 heteroatoms. The summed E-state index contributed by atoms with van der Waals surface area (Å²) in [6.45, 7) is 3.14. The monoisotopic (exact) mass is 405 g/mol. The number of hydrogen-bond acceptors (Lipinski definition) is 3. The Morgan fingerprint density at radius 3 is 2.67 bits per heavy atom. The van der Waals surface area contributed by atoms with Crippen LogP contribution in [0.15, 0.2) is 42.6 Å². The molecular weight excluding hydrogens is 381 g/mol. The summed E-state index contributed by atoms with van der Waals surface area (Å²) in [6, 6.07) is 11.2. The first-order chi connectivity index (χ1) is 14.5. The average Bonchev–Trinajstić information content (AvgIpc) is 2.75. The smallest absolute Gasteiger partial charge is 0.314 e. The SMILES string of the molecule is Cc1c(-c2ccc3c(c2F)CCC2(CCN(C(N)=O)CC2)O3)ccc2cccnc12. The molecule has 2 N–H and O–H groups in total. The van der Waals surface area contributed by atoms with Gasteiger partial charge in [-0.1, -0.05) is 18.2 Å². The lowest BCUT2D eigenvalue weighted by Gasteiger charge is -2.44. The fourth-order valence-electron chi connectivity index (χ4n) is 4.85. The largest absolute Gasteiger partial charge is 0.487 e. The number of aryl methyl sites for hydroxylation is 1. The van der Waals surface area contributed by atoms with E-state index in [4.69, 9.17) is 10.5 Å². The molecule has 0 saturated carbocycles. The van der Waals surface area contributed by atoms with Crippen molar-refractivity contribution in [2.75, 3.05) is 13.1 Å². The van der Waals surface area contributed by atoms with Crippen molar-refractivity contribution in [3.8, 4) is 16.9 Å². The molecule has 2 aliphatic heterocycles. The van der Waals surface area contributed by atoms with Crippen LogP contribution in [0.2, 0.25) is 0 Å². The first kappa shape index (κ1) is 18.9. The highest BCUT2D eigenvalue weighted by Gasteiger charge is 2.41. The molecule has 0 atom stereocenters. The van der Waals surface area contributed by atoms with Crippen molar-refractivity contribution in [1.29, 1.82) is 0 Å². The number of rotatable bonds is 1. The van der Waals surface area contributed by atoms with Crippen LogP contribution >= 0.6 is 0 Å². The van der Waals surface area contributed by atoms with Crippen molar-refractivity contribution in [1.82, 2.24) is 9.88 Å². The van der Waals surface area contributed by atoms with Gasteiger partial charge in [-0.15, -0.1) is 0 Å². The zero-order valence-electron chi connectivity index (χ0n) is 17.0. The summed E-state index contributed by atoms with van der Waals surface area (Å²) in [5, 5.41) is 1.05. The number of nitrogens with zero attached hydrogens (tertiary/aromatic N) is 2. The van der Waals surface area contributed by atoms with Crippen molar-refractivity contribution in [2.45, 2.75) is 38.2 Å². The normalized spacial score (nSPS) is 17.6. The number of pyridine rings is 1. The Morgan fingerprint density at radius 1 is 1.13 bits per heavy atom. The molecular formula is C24H24FN3O2. The van der Waals surface area contributed by atoms with Crippen molar-refractivity contribution < 1.29 is 13.9 Å². The summed E-state index contributed by atoms with van der Waals surface area (Å²) >= 11 is 0. The number of carbonyl (C=O) groups is 1. The molecule has 5 nitrogen and oxygen atoms in total. The molecule has 3 aromatic rings. The third-order valence-electron chi connectivity index (χ3n) is 6.66. The Hall–Kier alpha value is -3.15. The van der Waals surface area contributed by atoms with Gasteiger partial charge in [-0.3, -0.25) is 4.98 Å². The van der Waals surface area contributed by atoms with E-state index < -0.39 is 6.03 Å². The maximum absolute atomic E-state index is 15.6. The van der Waals surface area contributed by atoms with E-state index >= 15 is 4.39 Å². The van der Waals surface area contributed by atoms with Gasteiger partial charge in [0.05, 0.1) is 5.52 Å². The second kappa shape index (κ2) is 6.97. The molecule has 0 unspecified atom stereocenters. The predicted molar refractivity (Wildman–Crippen MR) is 114 cm³/mol. The maximum atomic E-state index is 15.6. The van der Waals surface area contributed by atoms with Gasteiger partial charge in [-0.25, -0.2) is 9.18 Å². The summed E-state index contributed by atoms with van der Waals surface area (Å²) in [4.78, 5) is 17.5. The standard InChI is InChI=1S/C24H24FN3O2/c1-15-17(5-4-16-3-2-12-27-22(15)16)18-6-7-20-19(21(18)25)8-9-24(30-20)10-13-28(14-11-24)23(26)29/h2-7,12H,8-11,13-14H2,1H3,(H2,26,29). The molecule has 30 heavy (non-hydrogen) atoms. The Bertz CT molecular complexity index is 1150. The minimum atomic E-state index is -0.392. The van der Waals surface area contributed by atoms with Gasteiger partial charge in [-0.05, 0) is 49.1 Å².